The van der Waals surface area contributed by atoms with Crippen molar-refractivity contribution in [3.05, 3.63) is 12.0 Å². The lowest BCUT2D eigenvalue weighted by atomic mass is 10.0. The highest BCUT2D eigenvalue weighted by Gasteiger charge is 2.16. The molecule has 1 aromatic rings. The number of anilines is 2. The van der Waals surface area contributed by atoms with E-state index in [1.165, 1.54) is 6.20 Å². The van der Waals surface area contributed by atoms with Gasteiger partial charge in [-0.1, -0.05) is 33.6 Å². The fourth-order valence-corrected chi connectivity index (χ4v) is 2.13. The van der Waals surface area contributed by atoms with Crippen molar-refractivity contribution in [1.82, 2.24) is 9.97 Å². The summed E-state index contributed by atoms with van der Waals surface area (Å²) in [6, 6.07) is 0. The van der Waals surface area contributed by atoms with Crippen LogP contribution in [0.4, 0.5) is 16.2 Å². The molecule has 0 saturated carbocycles. The molecule has 0 radical (unpaired) electrons. The van der Waals surface area contributed by atoms with E-state index in [0.29, 0.717) is 17.7 Å². The average molecular weight is 282 g/mol. The molecule has 0 atom stereocenters. The maximum Gasteiger partial charge on any atom is 0.224 e. The van der Waals surface area contributed by atoms with Gasteiger partial charge in [0, 0.05) is 19.6 Å². The Kier molecular flexibility index (Phi) is 7.26. The molecule has 0 fully saturated rings. The smallest absolute Gasteiger partial charge is 0.224 e. The lowest BCUT2D eigenvalue weighted by Crippen LogP contribution is -2.31. The molecule has 1 aromatic heterocycles. The number of nitrogens with one attached hydrogen (secondary N) is 1. The third-order valence-electron chi connectivity index (χ3n) is 3.57. The second-order valence-electron chi connectivity index (χ2n) is 5.01. The molecule has 0 aliphatic heterocycles. The quantitative estimate of drug-likeness (QED) is 0.750. The van der Waals surface area contributed by atoms with Crippen LogP contribution in [0.5, 0.6) is 0 Å². The van der Waals surface area contributed by atoms with Crippen LogP contribution in [0.1, 0.15) is 47.0 Å². The van der Waals surface area contributed by atoms with E-state index in [1.54, 1.807) is 0 Å². The average Bonchev–Trinajstić information content (AvgIpc) is 2.48. The monoisotopic (exact) mass is 282 g/mol. The van der Waals surface area contributed by atoms with Gasteiger partial charge in [-0.3, -0.25) is 0 Å². The molecule has 114 valence electrons. The molecule has 1 rings (SSSR count). The third-order valence-corrected chi connectivity index (χ3v) is 3.57. The Morgan fingerprint density at radius 2 is 1.95 bits per heavy atom. The Labute approximate surface area is 121 Å². The summed E-state index contributed by atoms with van der Waals surface area (Å²) in [5.74, 6) is 1.13. The largest absolute Gasteiger partial charge is 0.354 e. The maximum absolute atomic E-state index is 14.0. The van der Waals surface area contributed by atoms with Crippen LogP contribution in [-0.4, -0.2) is 29.6 Å². The number of rotatable bonds is 9. The molecule has 0 amide bonds. The minimum atomic E-state index is -0.347. The van der Waals surface area contributed by atoms with E-state index in [1.807, 2.05) is 11.8 Å². The SMILES string of the molecule is CCCNc1ncc(F)c(N(CC)CC(CC)CC)n1. The summed E-state index contributed by atoms with van der Waals surface area (Å²) in [5, 5.41) is 3.11. The van der Waals surface area contributed by atoms with Gasteiger partial charge in [0.2, 0.25) is 5.95 Å². The molecular weight excluding hydrogens is 255 g/mol. The van der Waals surface area contributed by atoms with Crippen LogP contribution in [0.2, 0.25) is 0 Å². The molecule has 0 unspecified atom stereocenters. The summed E-state index contributed by atoms with van der Waals surface area (Å²) in [6.45, 7) is 10.8. The van der Waals surface area contributed by atoms with Crippen LogP contribution < -0.4 is 10.2 Å². The predicted molar refractivity (Wildman–Crippen MR) is 82.7 cm³/mol. The van der Waals surface area contributed by atoms with Crippen molar-refractivity contribution in [2.75, 3.05) is 29.9 Å². The molecular formula is C15H27FN4. The fraction of sp³-hybridized carbons (Fsp3) is 0.733. The van der Waals surface area contributed by atoms with E-state index >= 15 is 0 Å². The van der Waals surface area contributed by atoms with Gasteiger partial charge in [0.25, 0.3) is 0 Å². The standard InChI is InChI=1S/C15H27FN4/c1-5-9-17-15-18-10-13(16)14(19-15)20(8-4)11-12(6-2)7-3/h10,12H,5-9,11H2,1-4H3,(H,17,18,19). The van der Waals surface area contributed by atoms with Crippen molar-refractivity contribution in [2.24, 2.45) is 5.92 Å². The number of halogens is 1. The van der Waals surface area contributed by atoms with E-state index in [0.717, 1.165) is 38.9 Å². The molecule has 0 saturated heterocycles. The van der Waals surface area contributed by atoms with Gasteiger partial charge in [-0.2, -0.15) is 4.98 Å². The molecule has 0 aromatic carbocycles. The molecule has 4 nitrogen and oxygen atoms in total. The molecule has 1 N–H and O–H groups in total. The van der Waals surface area contributed by atoms with Crippen molar-refractivity contribution >= 4 is 11.8 Å². The summed E-state index contributed by atoms with van der Waals surface area (Å²) in [6.07, 6.45) is 4.44. The van der Waals surface area contributed by atoms with Gasteiger partial charge in [0.05, 0.1) is 6.20 Å². The summed E-state index contributed by atoms with van der Waals surface area (Å²) < 4.78 is 14.0. The first-order valence-corrected chi connectivity index (χ1v) is 7.67. The van der Waals surface area contributed by atoms with Crippen molar-refractivity contribution < 1.29 is 4.39 Å². The van der Waals surface area contributed by atoms with Gasteiger partial charge in [0.15, 0.2) is 11.6 Å². The molecule has 1 heterocycles. The maximum atomic E-state index is 14.0. The Morgan fingerprint density at radius 3 is 2.50 bits per heavy atom. The van der Waals surface area contributed by atoms with Crippen LogP contribution in [0.25, 0.3) is 0 Å². The van der Waals surface area contributed by atoms with Gasteiger partial charge >= 0.3 is 0 Å². The Bertz CT molecular complexity index is 393. The van der Waals surface area contributed by atoms with Crippen LogP contribution in [0.3, 0.4) is 0 Å². The van der Waals surface area contributed by atoms with Crippen molar-refractivity contribution in [1.29, 1.82) is 0 Å². The van der Waals surface area contributed by atoms with E-state index in [-0.39, 0.29) is 5.82 Å². The number of nitrogens with zero attached hydrogens (tertiary/aromatic N) is 3. The second kappa shape index (κ2) is 8.72. The van der Waals surface area contributed by atoms with Crippen molar-refractivity contribution in [3.63, 3.8) is 0 Å². The second-order valence-corrected chi connectivity index (χ2v) is 5.01. The summed E-state index contributed by atoms with van der Waals surface area (Å²) in [7, 11) is 0. The van der Waals surface area contributed by atoms with Gasteiger partial charge in [0.1, 0.15) is 0 Å². The van der Waals surface area contributed by atoms with Crippen molar-refractivity contribution in [2.45, 2.75) is 47.0 Å². The van der Waals surface area contributed by atoms with E-state index in [2.05, 4.69) is 36.1 Å². The van der Waals surface area contributed by atoms with Gasteiger partial charge < -0.3 is 10.2 Å². The normalized spacial score (nSPS) is 10.9. The van der Waals surface area contributed by atoms with Crippen molar-refractivity contribution in [3.8, 4) is 0 Å². The topological polar surface area (TPSA) is 41.1 Å². The van der Waals surface area contributed by atoms with E-state index < -0.39 is 0 Å². The highest BCUT2D eigenvalue weighted by molar-refractivity contribution is 5.43. The zero-order valence-electron chi connectivity index (χ0n) is 13.1. The third kappa shape index (κ3) is 4.62. The first-order chi connectivity index (χ1) is 9.65. The fourth-order valence-electron chi connectivity index (χ4n) is 2.13. The molecule has 0 bridgehead atoms. The lowest BCUT2D eigenvalue weighted by Gasteiger charge is -2.26. The summed E-state index contributed by atoms with van der Waals surface area (Å²) in [4.78, 5) is 10.3. The first-order valence-electron chi connectivity index (χ1n) is 7.67. The molecule has 20 heavy (non-hydrogen) atoms. The Morgan fingerprint density at radius 1 is 1.25 bits per heavy atom. The minimum Gasteiger partial charge on any atom is -0.354 e. The number of aromatic nitrogens is 2. The van der Waals surface area contributed by atoms with Gasteiger partial charge in [-0.15, -0.1) is 0 Å². The van der Waals surface area contributed by atoms with Crippen LogP contribution in [0.15, 0.2) is 6.20 Å². The molecule has 0 aliphatic rings. The number of hydrogen-bond donors (Lipinski definition) is 1. The molecule has 0 aliphatic carbocycles. The highest BCUT2D eigenvalue weighted by Crippen LogP contribution is 2.20. The predicted octanol–water partition coefficient (Wildman–Crippen LogP) is 3.70. The Hall–Kier alpha value is -1.39. The van der Waals surface area contributed by atoms with Crippen LogP contribution in [0, 0.1) is 11.7 Å². The van der Waals surface area contributed by atoms with Gasteiger partial charge in [-0.25, -0.2) is 9.37 Å². The lowest BCUT2D eigenvalue weighted by molar-refractivity contribution is 0.479. The van der Waals surface area contributed by atoms with Crippen LogP contribution in [-0.2, 0) is 0 Å². The minimum absolute atomic E-state index is 0.347. The molecule has 0 spiro atoms. The van der Waals surface area contributed by atoms with Gasteiger partial charge in [-0.05, 0) is 19.3 Å². The van der Waals surface area contributed by atoms with E-state index in [4.69, 9.17) is 0 Å². The van der Waals surface area contributed by atoms with E-state index in [9.17, 15) is 4.39 Å². The zero-order chi connectivity index (χ0) is 15.0. The summed E-state index contributed by atoms with van der Waals surface area (Å²) >= 11 is 0. The molecule has 5 heteroatoms. The Balaban J connectivity index is 2.89. The summed E-state index contributed by atoms with van der Waals surface area (Å²) in [5.41, 5.74) is 0. The van der Waals surface area contributed by atoms with Crippen LogP contribution >= 0.6 is 0 Å². The zero-order valence-corrected chi connectivity index (χ0v) is 13.1. The number of hydrogen-bond acceptors (Lipinski definition) is 4. The first kappa shape index (κ1) is 16.7. The highest BCUT2D eigenvalue weighted by atomic mass is 19.1.